The van der Waals surface area contributed by atoms with Gasteiger partial charge < -0.3 is 0 Å². The van der Waals surface area contributed by atoms with E-state index in [-0.39, 0.29) is 23.9 Å². The van der Waals surface area contributed by atoms with Crippen LogP contribution in [-0.4, -0.2) is 58.7 Å². The monoisotopic (exact) mass is 445 g/mol. The molecule has 0 unspecified atom stereocenters. The molecular weight excluding hydrogens is 418 g/mol. The average Bonchev–Trinajstić information content (AvgIpc) is 3.45. The molecule has 164 valence electrons. The summed E-state index contributed by atoms with van der Waals surface area (Å²) in [5.41, 5.74) is 2.56. The molecule has 2 aliphatic heterocycles. The van der Waals surface area contributed by atoms with E-state index in [1.165, 1.54) is 16.0 Å². The zero-order valence-electron chi connectivity index (χ0n) is 18.0. The lowest BCUT2D eigenvalue weighted by Gasteiger charge is -2.41. The third-order valence-corrected chi connectivity index (χ3v) is 7.36. The van der Waals surface area contributed by atoms with Crippen molar-refractivity contribution in [1.29, 1.82) is 0 Å². The van der Waals surface area contributed by atoms with Gasteiger partial charge in [-0.3, -0.25) is 24.3 Å². The average molecular weight is 446 g/mol. The van der Waals surface area contributed by atoms with Gasteiger partial charge >= 0.3 is 0 Å². The minimum absolute atomic E-state index is 0.0421. The Balaban J connectivity index is 1.28. The van der Waals surface area contributed by atoms with Crippen molar-refractivity contribution in [3.8, 4) is 0 Å². The van der Waals surface area contributed by atoms with Crippen LogP contribution in [0.25, 0.3) is 0 Å². The van der Waals surface area contributed by atoms with Crippen LogP contribution in [0.3, 0.4) is 0 Å². The van der Waals surface area contributed by atoms with Gasteiger partial charge in [-0.1, -0.05) is 66.7 Å². The summed E-state index contributed by atoms with van der Waals surface area (Å²) < 4.78 is 0. The molecular formula is C26H27N3O2S. The standard InChI is InChI=1S/C26H27N3O2S/c30-24-18-23(26(31)29(24)19-22-12-7-17-32-22)27-13-15-28(16-14-27)25(20-8-3-1-4-9-20)21-10-5-2-6-11-21/h1-12,17,23,25H,13-16,18-19H2/t23-/m1/s1. The fourth-order valence-corrected chi connectivity index (χ4v) is 5.56. The fraction of sp³-hybridized carbons (Fsp3) is 0.308. The number of carbonyl (C=O) groups is 2. The van der Waals surface area contributed by atoms with Crippen molar-refractivity contribution in [1.82, 2.24) is 14.7 Å². The van der Waals surface area contributed by atoms with E-state index in [2.05, 4.69) is 58.3 Å². The molecule has 2 amide bonds. The topological polar surface area (TPSA) is 43.9 Å². The number of rotatable bonds is 6. The zero-order valence-corrected chi connectivity index (χ0v) is 18.8. The van der Waals surface area contributed by atoms with Crippen LogP contribution in [0.5, 0.6) is 0 Å². The van der Waals surface area contributed by atoms with Gasteiger partial charge in [0.2, 0.25) is 11.8 Å². The fourth-order valence-electron chi connectivity index (χ4n) is 4.87. The maximum Gasteiger partial charge on any atom is 0.247 e. The van der Waals surface area contributed by atoms with Crippen molar-refractivity contribution in [3.63, 3.8) is 0 Å². The van der Waals surface area contributed by atoms with Gasteiger partial charge in [0.05, 0.1) is 25.0 Å². The van der Waals surface area contributed by atoms with E-state index in [4.69, 9.17) is 0 Å². The molecule has 5 nitrogen and oxygen atoms in total. The lowest BCUT2D eigenvalue weighted by molar-refractivity contribution is -0.140. The molecule has 2 saturated heterocycles. The van der Waals surface area contributed by atoms with Crippen LogP contribution in [0.1, 0.15) is 28.5 Å². The van der Waals surface area contributed by atoms with E-state index in [1.807, 2.05) is 29.6 Å². The number of likely N-dealkylation sites (tertiary alicyclic amines) is 1. The van der Waals surface area contributed by atoms with E-state index >= 15 is 0 Å². The zero-order chi connectivity index (χ0) is 21.9. The molecule has 2 aliphatic rings. The van der Waals surface area contributed by atoms with Crippen molar-refractivity contribution >= 4 is 23.2 Å². The van der Waals surface area contributed by atoms with E-state index in [0.717, 1.165) is 31.1 Å². The van der Waals surface area contributed by atoms with Gasteiger partial charge in [0, 0.05) is 31.1 Å². The Morgan fingerprint density at radius 1 is 0.812 bits per heavy atom. The van der Waals surface area contributed by atoms with Gasteiger partial charge in [-0.2, -0.15) is 0 Å². The lowest BCUT2D eigenvalue weighted by atomic mass is 9.96. The molecule has 2 aromatic carbocycles. The maximum atomic E-state index is 13.1. The summed E-state index contributed by atoms with van der Waals surface area (Å²) in [6.45, 7) is 3.68. The predicted octanol–water partition coefficient (Wildman–Crippen LogP) is 3.78. The molecule has 0 aliphatic carbocycles. The smallest absolute Gasteiger partial charge is 0.247 e. The quantitative estimate of drug-likeness (QED) is 0.542. The number of hydrogen-bond donors (Lipinski definition) is 0. The number of piperazine rings is 1. The van der Waals surface area contributed by atoms with Gasteiger partial charge in [-0.15, -0.1) is 11.3 Å². The Hall–Kier alpha value is -2.80. The Kier molecular flexibility index (Phi) is 6.17. The highest BCUT2D eigenvalue weighted by molar-refractivity contribution is 7.09. The van der Waals surface area contributed by atoms with Crippen molar-refractivity contribution < 1.29 is 9.59 Å². The first-order valence-electron chi connectivity index (χ1n) is 11.2. The van der Waals surface area contributed by atoms with Gasteiger partial charge in [0.1, 0.15) is 0 Å². The van der Waals surface area contributed by atoms with E-state index < -0.39 is 0 Å². The first kappa shape index (κ1) is 21.1. The summed E-state index contributed by atoms with van der Waals surface area (Å²) >= 11 is 1.58. The van der Waals surface area contributed by atoms with Crippen molar-refractivity contribution in [2.75, 3.05) is 26.2 Å². The van der Waals surface area contributed by atoms with Gasteiger partial charge in [0.25, 0.3) is 0 Å². The summed E-state index contributed by atoms with van der Waals surface area (Å²) in [4.78, 5) is 32.8. The number of carbonyl (C=O) groups excluding carboxylic acids is 2. The van der Waals surface area contributed by atoms with Gasteiger partial charge in [-0.05, 0) is 22.6 Å². The number of nitrogens with zero attached hydrogens (tertiary/aromatic N) is 3. The molecule has 0 radical (unpaired) electrons. The second kappa shape index (κ2) is 9.36. The van der Waals surface area contributed by atoms with Crippen LogP contribution in [-0.2, 0) is 16.1 Å². The minimum Gasteiger partial charge on any atom is -0.290 e. The largest absolute Gasteiger partial charge is 0.290 e. The lowest BCUT2D eigenvalue weighted by Crippen LogP contribution is -2.53. The van der Waals surface area contributed by atoms with Crippen molar-refractivity contribution in [2.24, 2.45) is 0 Å². The SMILES string of the molecule is O=C1C[C@@H](N2CCN(C(c3ccccc3)c3ccccc3)CC2)C(=O)N1Cc1cccs1. The molecule has 1 aromatic heterocycles. The van der Waals surface area contributed by atoms with Crippen molar-refractivity contribution in [2.45, 2.75) is 25.0 Å². The molecule has 0 N–H and O–H groups in total. The highest BCUT2D eigenvalue weighted by Gasteiger charge is 2.43. The van der Waals surface area contributed by atoms with Crippen LogP contribution in [0.15, 0.2) is 78.2 Å². The molecule has 32 heavy (non-hydrogen) atoms. The van der Waals surface area contributed by atoms with E-state index in [9.17, 15) is 9.59 Å². The molecule has 5 rings (SSSR count). The van der Waals surface area contributed by atoms with Crippen LogP contribution in [0.2, 0.25) is 0 Å². The van der Waals surface area contributed by atoms with Crippen molar-refractivity contribution in [3.05, 3.63) is 94.2 Å². The molecule has 3 heterocycles. The first-order chi connectivity index (χ1) is 15.7. The summed E-state index contributed by atoms with van der Waals surface area (Å²) in [5, 5.41) is 1.98. The molecule has 0 saturated carbocycles. The van der Waals surface area contributed by atoms with Crippen LogP contribution in [0.4, 0.5) is 0 Å². The number of benzene rings is 2. The molecule has 2 fully saturated rings. The Morgan fingerprint density at radius 2 is 1.44 bits per heavy atom. The number of thiophene rings is 1. The maximum absolute atomic E-state index is 13.1. The molecule has 1 atom stereocenters. The highest BCUT2D eigenvalue weighted by atomic mass is 32.1. The number of imide groups is 1. The summed E-state index contributed by atoms with van der Waals surface area (Å²) in [7, 11) is 0. The highest BCUT2D eigenvalue weighted by Crippen LogP contribution is 2.31. The molecule has 0 bridgehead atoms. The Bertz CT molecular complexity index is 1010. The minimum atomic E-state index is -0.323. The van der Waals surface area contributed by atoms with Crippen LogP contribution in [0, 0.1) is 0 Å². The van der Waals surface area contributed by atoms with Crippen LogP contribution < -0.4 is 0 Å². The second-order valence-electron chi connectivity index (χ2n) is 8.41. The second-order valence-corrected chi connectivity index (χ2v) is 9.45. The predicted molar refractivity (Wildman–Crippen MR) is 126 cm³/mol. The Morgan fingerprint density at radius 3 is 2.00 bits per heavy atom. The molecule has 6 heteroatoms. The third-order valence-electron chi connectivity index (χ3n) is 6.50. The summed E-state index contributed by atoms with van der Waals surface area (Å²) in [6, 6.07) is 25.0. The van der Waals surface area contributed by atoms with Crippen LogP contribution >= 0.6 is 11.3 Å². The van der Waals surface area contributed by atoms with Gasteiger partial charge in [0.15, 0.2) is 0 Å². The molecule has 3 aromatic rings. The summed E-state index contributed by atoms with van der Waals surface area (Å²) in [6.07, 6.45) is 0.297. The normalized spacial score (nSPS) is 20.4. The first-order valence-corrected chi connectivity index (χ1v) is 12.0. The van der Waals surface area contributed by atoms with Gasteiger partial charge in [-0.25, -0.2) is 0 Å². The number of hydrogen-bond acceptors (Lipinski definition) is 5. The summed E-state index contributed by atoms with van der Waals surface area (Å²) in [5.74, 6) is -0.0956. The Labute approximate surface area is 192 Å². The van der Waals surface area contributed by atoms with E-state index in [1.54, 1.807) is 11.3 Å². The molecule has 0 spiro atoms. The van der Waals surface area contributed by atoms with E-state index in [0.29, 0.717) is 13.0 Å². The third kappa shape index (κ3) is 4.26. The number of amides is 2.